The summed E-state index contributed by atoms with van der Waals surface area (Å²) >= 11 is 4.80. The van der Waals surface area contributed by atoms with Crippen LogP contribution in [0.1, 0.15) is 31.9 Å². The second-order valence-corrected chi connectivity index (χ2v) is 12.8. The molecule has 1 N–H and O–H groups in total. The molecule has 0 bridgehead atoms. The van der Waals surface area contributed by atoms with Gasteiger partial charge in [0.05, 0.1) is 34.4 Å². The molecule has 0 fully saturated rings. The van der Waals surface area contributed by atoms with Gasteiger partial charge in [-0.2, -0.15) is 14.0 Å². The molecular weight excluding hydrogens is 690 g/mol. The normalized spacial score (nSPS) is 11.7. The smallest absolute Gasteiger partial charge is 0.341 e. The van der Waals surface area contributed by atoms with E-state index in [1.165, 1.54) is 7.11 Å². The number of aromatic nitrogens is 6. The van der Waals surface area contributed by atoms with Gasteiger partial charge in [-0.15, -0.1) is 0 Å². The van der Waals surface area contributed by atoms with Gasteiger partial charge in [-0.05, 0) is 65.7 Å². The summed E-state index contributed by atoms with van der Waals surface area (Å²) in [5, 5.41) is 36.3. The fourth-order valence-electron chi connectivity index (χ4n) is 5.62. The Hall–Kier alpha value is -5.46. The number of carboxylic acid groups (broad SMARTS) is 1. The van der Waals surface area contributed by atoms with Gasteiger partial charge in [0.2, 0.25) is 0 Å². The lowest BCUT2D eigenvalue weighted by Gasteiger charge is -2.27. The van der Waals surface area contributed by atoms with E-state index in [1.54, 1.807) is 18.2 Å². The number of rotatable bonds is 7. The molecule has 0 spiro atoms. The zero-order chi connectivity index (χ0) is 33.0. The zero-order valence-electron chi connectivity index (χ0n) is 25.1. The third kappa shape index (κ3) is 4.93. The number of halogens is 1. The molecule has 13 nitrogen and oxygen atoms in total. The van der Waals surface area contributed by atoms with Crippen LogP contribution in [0.5, 0.6) is 11.5 Å². The lowest BCUT2D eigenvalue weighted by atomic mass is 9.78. The van der Waals surface area contributed by atoms with Crippen molar-refractivity contribution in [2.75, 3.05) is 13.7 Å². The average molecular weight is 712 g/mol. The first-order valence-corrected chi connectivity index (χ1v) is 15.5. The minimum atomic E-state index is -1.19. The Bertz CT molecular complexity index is 2420. The van der Waals surface area contributed by atoms with Crippen molar-refractivity contribution in [1.82, 2.24) is 29.4 Å². The van der Waals surface area contributed by atoms with Crippen LogP contribution in [0.2, 0.25) is 0 Å². The summed E-state index contributed by atoms with van der Waals surface area (Å²) in [6.07, 6.45) is 0. The molecule has 0 unspecified atom stereocenters. The Balaban J connectivity index is 1.71. The van der Waals surface area contributed by atoms with Crippen molar-refractivity contribution in [2.24, 2.45) is 0 Å². The highest BCUT2D eigenvalue weighted by Gasteiger charge is 2.33. The lowest BCUT2D eigenvalue weighted by molar-refractivity contribution is -0.139. The fraction of sp³-hybridized carbons (Fsp3) is 0.188. The number of ether oxygens (including phenoxy) is 2. The second kappa shape index (κ2) is 11.4. The third-order valence-corrected chi connectivity index (χ3v) is 8.94. The monoisotopic (exact) mass is 710 g/mol. The molecule has 47 heavy (non-hydrogen) atoms. The largest absolute Gasteiger partial charge is 0.495 e. The summed E-state index contributed by atoms with van der Waals surface area (Å²) in [5.41, 5.74) is 6.14. The molecule has 0 aliphatic rings. The third-order valence-electron chi connectivity index (χ3n) is 7.63. The van der Waals surface area contributed by atoms with Crippen molar-refractivity contribution in [3.63, 3.8) is 0 Å². The van der Waals surface area contributed by atoms with Gasteiger partial charge in [0.25, 0.3) is 0 Å². The summed E-state index contributed by atoms with van der Waals surface area (Å²) in [6.45, 7) is 5.44. The van der Waals surface area contributed by atoms with Crippen LogP contribution in [0.3, 0.4) is 0 Å². The number of benzene rings is 4. The first kappa shape index (κ1) is 30.2. The standard InChI is InChI=1S/C32H21BrN7O6S/c1-32(2,3)18-11-21-30(38-46-36-21)27(33)25(18)16-10-22(44-13-23(41)42)26(15-6-5-7-20-29(15)40-47-39-20)31(43-4)24(16)14-8-9-19-28(17(14)12-34)37-45-35-19/h5-9,11H,13H2,1-4H3,(H,41,42). The van der Waals surface area contributed by atoms with Crippen LogP contribution in [-0.2, 0) is 10.2 Å². The number of nitriles is 1. The number of nitrogens with zero attached hydrogens (tertiary/aromatic N) is 7. The summed E-state index contributed by atoms with van der Waals surface area (Å²) in [4.78, 5) is 11.8. The van der Waals surface area contributed by atoms with Gasteiger partial charge in [-0.3, -0.25) is 0 Å². The van der Waals surface area contributed by atoms with Crippen LogP contribution in [0.4, 0.5) is 0 Å². The maximum absolute atomic E-state index is 11.8. The minimum absolute atomic E-state index is 0.0799. The van der Waals surface area contributed by atoms with Gasteiger partial charge in [0.15, 0.2) is 12.1 Å². The van der Waals surface area contributed by atoms with E-state index in [2.05, 4.69) is 57.4 Å². The number of hydrogen-bond donors (Lipinski definition) is 1. The Morgan fingerprint density at radius 1 is 0.979 bits per heavy atom. The van der Waals surface area contributed by atoms with E-state index in [1.807, 2.05) is 39.0 Å². The highest BCUT2D eigenvalue weighted by molar-refractivity contribution is 9.10. The summed E-state index contributed by atoms with van der Waals surface area (Å²) in [7, 11) is 1.49. The molecule has 0 aliphatic carbocycles. The number of hydrogen-bond acceptors (Lipinski definition) is 13. The molecule has 7 rings (SSSR count). The van der Waals surface area contributed by atoms with Crippen LogP contribution in [0.15, 0.2) is 50.1 Å². The van der Waals surface area contributed by atoms with E-state index in [0.29, 0.717) is 65.4 Å². The zero-order valence-corrected chi connectivity index (χ0v) is 27.5. The molecule has 0 aliphatic heterocycles. The molecule has 7 aromatic rings. The average Bonchev–Trinajstić information content (AvgIpc) is 3.83. The molecule has 3 aromatic heterocycles. The van der Waals surface area contributed by atoms with E-state index in [9.17, 15) is 15.2 Å². The highest BCUT2D eigenvalue weighted by atomic mass is 79.9. The van der Waals surface area contributed by atoms with Gasteiger partial charge in [0.1, 0.15) is 45.2 Å². The molecule has 4 aromatic carbocycles. The van der Waals surface area contributed by atoms with Gasteiger partial charge < -0.3 is 14.6 Å². The van der Waals surface area contributed by atoms with Gasteiger partial charge in [-0.25, -0.2) is 14.1 Å². The maximum atomic E-state index is 11.8. The maximum Gasteiger partial charge on any atom is 0.341 e. The van der Waals surface area contributed by atoms with Crippen molar-refractivity contribution in [1.29, 1.82) is 5.26 Å². The number of fused-ring (bicyclic) bond motifs is 3. The van der Waals surface area contributed by atoms with Crippen LogP contribution in [-0.4, -0.2) is 54.2 Å². The molecule has 3 heterocycles. The highest BCUT2D eigenvalue weighted by Crippen LogP contribution is 2.54. The van der Waals surface area contributed by atoms with Crippen LogP contribution >= 0.6 is 27.7 Å². The van der Waals surface area contributed by atoms with Gasteiger partial charge >= 0.3 is 5.97 Å². The van der Waals surface area contributed by atoms with Gasteiger partial charge in [-0.1, -0.05) is 39.0 Å². The predicted molar refractivity (Wildman–Crippen MR) is 174 cm³/mol. The fourth-order valence-corrected chi connectivity index (χ4v) is 6.86. The minimum Gasteiger partial charge on any atom is -0.495 e. The van der Waals surface area contributed by atoms with E-state index >= 15 is 0 Å². The van der Waals surface area contributed by atoms with E-state index < -0.39 is 18.0 Å². The van der Waals surface area contributed by atoms with Crippen molar-refractivity contribution in [3.8, 4) is 50.9 Å². The topological polar surface area (TPSA) is 183 Å². The Labute approximate surface area is 278 Å². The molecule has 0 saturated carbocycles. The Kier molecular flexibility index (Phi) is 7.33. The number of carboxylic acids is 1. The van der Waals surface area contributed by atoms with Crippen LogP contribution < -0.4 is 9.47 Å². The first-order valence-electron chi connectivity index (χ1n) is 14.0. The Morgan fingerprint density at radius 2 is 1.74 bits per heavy atom. The lowest BCUT2D eigenvalue weighted by Crippen LogP contribution is -2.15. The predicted octanol–water partition coefficient (Wildman–Crippen LogP) is 6.97. The molecule has 0 atom stereocenters. The molecule has 0 saturated heterocycles. The van der Waals surface area contributed by atoms with Crippen molar-refractivity contribution in [3.05, 3.63) is 58.1 Å². The van der Waals surface area contributed by atoms with Crippen LogP contribution in [0, 0.1) is 17.4 Å². The quantitative estimate of drug-likeness (QED) is 0.179. The summed E-state index contributed by atoms with van der Waals surface area (Å²) in [6, 6.07) is 16.4. The van der Waals surface area contributed by atoms with Crippen molar-refractivity contribution in [2.45, 2.75) is 26.2 Å². The molecule has 233 valence electrons. The number of carbonyl (C=O) groups is 1. The van der Waals surface area contributed by atoms with Crippen LogP contribution in [0.25, 0.3) is 66.5 Å². The first-order chi connectivity index (χ1) is 22.6. The van der Waals surface area contributed by atoms with E-state index in [-0.39, 0.29) is 22.6 Å². The molecule has 1 radical (unpaired) electrons. The Morgan fingerprint density at radius 3 is 2.47 bits per heavy atom. The molecular formula is C32H21BrN7O6S. The van der Waals surface area contributed by atoms with E-state index in [0.717, 1.165) is 17.3 Å². The summed E-state index contributed by atoms with van der Waals surface area (Å²) in [5.74, 6) is -0.849. The number of aliphatic carboxylic acids is 1. The number of methoxy groups -OCH3 is 1. The molecule has 15 heteroatoms. The summed E-state index contributed by atoms with van der Waals surface area (Å²) < 4.78 is 31.7. The second-order valence-electron chi connectivity index (χ2n) is 11.5. The van der Waals surface area contributed by atoms with E-state index in [4.69, 9.17) is 18.7 Å². The van der Waals surface area contributed by atoms with Gasteiger partial charge in [0, 0.05) is 33.9 Å². The molecule has 0 amide bonds. The van der Waals surface area contributed by atoms with Crippen molar-refractivity contribution >= 4 is 66.7 Å². The van der Waals surface area contributed by atoms with Crippen molar-refractivity contribution < 1.29 is 28.6 Å². The SMILES string of the molecule is COc1c(-c2cccc3nsnc23)c(OCC(=O)O)[c]c(-c2c(C(C)(C)C)cc3nonc3c2Br)c1-c1ccc2nonc2c1C#N.